The molecule has 2 saturated heterocycles. The lowest BCUT2D eigenvalue weighted by Crippen LogP contribution is -2.38. The number of hydrogen-bond donors (Lipinski definition) is 1. The van der Waals surface area contributed by atoms with Gasteiger partial charge in [-0.3, -0.25) is 0 Å². The van der Waals surface area contributed by atoms with E-state index in [1.54, 1.807) is 7.11 Å². The molecule has 0 aliphatic carbocycles. The minimum atomic E-state index is 0.271. The SMILES string of the molecule is COc1cc(C2CCCN2)ccc1OC1CCCN(C)C1. The van der Waals surface area contributed by atoms with E-state index in [0.29, 0.717) is 6.04 Å². The molecule has 4 heteroatoms. The zero-order chi connectivity index (χ0) is 14.7. The third kappa shape index (κ3) is 3.50. The summed E-state index contributed by atoms with van der Waals surface area (Å²) in [6, 6.07) is 6.84. The van der Waals surface area contributed by atoms with Crippen molar-refractivity contribution in [1.29, 1.82) is 0 Å². The second-order valence-electron chi connectivity index (χ2n) is 6.20. The maximum Gasteiger partial charge on any atom is 0.161 e. The fourth-order valence-corrected chi connectivity index (χ4v) is 3.36. The largest absolute Gasteiger partial charge is 0.493 e. The fourth-order valence-electron chi connectivity index (χ4n) is 3.36. The van der Waals surface area contributed by atoms with Crippen molar-refractivity contribution < 1.29 is 9.47 Å². The van der Waals surface area contributed by atoms with Gasteiger partial charge in [0, 0.05) is 12.6 Å². The molecule has 2 aliphatic heterocycles. The molecule has 0 spiro atoms. The van der Waals surface area contributed by atoms with Crippen LogP contribution in [0.2, 0.25) is 0 Å². The van der Waals surface area contributed by atoms with Gasteiger partial charge in [0.1, 0.15) is 6.10 Å². The van der Waals surface area contributed by atoms with Crippen LogP contribution in [0.5, 0.6) is 11.5 Å². The van der Waals surface area contributed by atoms with E-state index >= 15 is 0 Å². The van der Waals surface area contributed by atoms with Crippen molar-refractivity contribution in [2.24, 2.45) is 0 Å². The van der Waals surface area contributed by atoms with Gasteiger partial charge in [-0.25, -0.2) is 0 Å². The first-order valence-electron chi connectivity index (χ1n) is 8.03. The summed E-state index contributed by atoms with van der Waals surface area (Å²) in [5, 5.41) is 3.53. The van der Waals surface area contributed by atoms with Crippen molar-refractivity contribution in [1.82, 2.24) is 10.2 Å². The average molecular weight is 290 g/mol. The maximum absolute atomic E-state index is 6.18. The molecule has 4 nitrogen and oxygen atoms in total. The number of ether oxygens (including phenoxy) is 2. The monoisotopic (exact) mass is 290 g/mol. The highest BCUT2D eigenvalue weighted by Gasteiger charge is 2.22. The minimum absolute atomic E-state index is 0.271. The third-order valence-electron chi connectivity index (χ3n) is 4.53. The zero-order valence-corrected chi connectivity index (χ0v) is 13.1. The van der Waals surface area contributed by atoms with Crippen molar-refractivity contribution in [2.45, 2.75) is 37.8 Å². The van der Waals surface area contributed by atoms with E-state index in [4.69, 9.17) is 9.47 Å². The van der Waals surface area contributed by atoms with Gasteiger partial charge in [0.2, 0.25) is 0 Å². The average Bonchev–Trinajstić information content (AvgIpc) is 3.02. The Labute approximate surface area is 127 Å². The van der Waals surface area contributed by atoms with Crippen LogP contribution in [-0.4, -0.2) is 44.8 Å². The van der Waals surface area contributed by atoms with Crippen LogP contribution in [0.4, 0.5) is 0 Å². The quantitative estimate of drug-likeness (QED) is 0.924. The van der Waals surface area contributed by atoms with Crippen molar-refractivity contribution in [3.05, 3.63) is 23.8 Å². The smallest absolute Gasteiger partial charge is 0.161 e. The summed E-state index contributed by atoms with van der Waals surface area (Å²) in [5.74, 6) is 1.73. The van der Waals surface area contributed by atoms with Crippen LogP contribution in [0.1, 0.15) is 37.3 Å². The molecule has 116 valence electrons. The molecule has 0 aromatic heterocycles. The summed E-state index contributed by atoms with van der Waals surface area (Å²) < 4.78 is 11.7. The molecular formula is C17H26N2O2. The lowest BCUT2D eigenvalue weighted by Gasteiger charge is -2.30. The van der Waals surface area contributed by atoms with E-state index in [-0.39, 0.29) is 6.10 Å². The normalized spacial score (nSPS) is 26.8. The van der Waals surface area contributed by atoms with Crippen LogP contribution in [0.25, 0.3) is 0 Å². The number of hydrogen-bond acceptors (Lipinski definition) is 4. The Morgan fingerprint density at radius 1 is 1.19 bits per heavy atom. The second-order valence-corrected chi connectivity index (χ2v) is 6.20. The molecule has 0 saturated carbocycles. The van der Waals surface area contributed by atoms with Gasteiger partial charge >= 0.3 is 0 Å². The Hall–Kier alpha value is -1.26. The zero-order valence-electron chi connectivity index (χ0n) is 13.1. The first-order chi connectivity index (χ1) is 10.3. The molecule has 0 bridgehead atoms. The molecule has 21 heavy (non-hydrogen) atoms. The minimum Gasteiger partial charge on any atom is -0.493 e. The number of nitrogens with one attached hydrogen (secondary N) is 1. The standard InChI is InChI=1S/C17H26N2O2/c1-19-10-4-5-14(12-19)21-16-8-7-13(11-17(16)20-2)15-6-3-9-18-15/h7-8,11,14-15,18H,3-6,9-10,12H2,1-2H3. The van der Waals surface area contributed by atoms with E-state index < -0.39 is 0 Å². The first kappa shape index (κ1) is 14.7. The summed E-state index contributed by atoms with van der Waals surface area (Å²) in [6.45, 7) is 3.28. The van der Waals surface area contributed by atoms with Crippen molar-refractivity contribution in [3.8, 4) is 11.5 Å². The molecule has 2 atom stereocenters. The van der Waals surface area contributed by atoms with Crippen LogP contribution >= 0.6 is 0 Å². The predicted molar refractivity (Wildman–Crippen MR) is 84.1 cm³/mol. The highest BCUT2D eigenvalue weighted by molar-refractivity contribution is 5.44. The lowest BCUT2D eigenvalue weighted by molar-refractivity contribution is 0.101. The van der Waals surface area contributed by atoms with E-state index in [9.17, 15) is 0 Å². The Morgan fingerprint density at radius 2 is 2.10 bits per heavy atom. The Bertz CT molecular complexity index is 472. The molecule has 0 amide bonds. The van der Waals surface area contributed by atoms with Crippen LogP contribution in [0, 0.1) is 0 Å². The van der Waals surface area contributed by atoms with Crippen LogP contribution in [0.15, 0.2) is 18.2 Å². The van der Waals surface area contributed by atoms with E-state index in [1.807, 2.05) is 0 Å². The molecule has 2 heterocycles. The summed E-state index contributed by atoms with van der Waals surface area (Å²) in [6.07, 6.45) is 5.05. The van der Waals surface area contributed by atoms with E-state index in [1.165, 1.54) is 31.4 Å². The summed E-state index contributed by atoms with van der Waals surface area (Å²) >= 11 is 0. The van der Waals surface area contributed by atoms with Gasteiger partial charge in [-0.15, -0.1) is 0 Å². The van der Waals surface area contributed by atoms with Gasteiger partial charge in [-0.2, -0.15) is 0 Å². The fraction of sp³-hybridized carbons (Fsp3) is 0.647. The molecule has 0 radical (unpaired) electrons. The number of nitrogens with zero attached hydrogens (tertiary/aromatic N) is 1. The van der Waals surface area contributed by atoms with Crippen molar-refractivity contribution in [2.75, 3.05) is 33.8 Å². The first-order valence-corrected chi connectivity index (χ1v) is 8.03. The molecule has 2 fully saturated rings. The summed E-state index contributed by atoms with van der Waals surface area (Å²) in [5.41, 5.74) is 1.30. The number of methoxy groups -OCH3 is 1. The second kappa shape index (κ2) is 6.67. The molecular weight excluding hydrogens is 264 g/mol. The highest BCUT2D eigenvalue weighted by Crippen LogP contribution is 2.34. The Morgan fingerprint density at radius 3 is 2.81 bits per heavy atom. The number of rotatable bonds is 4. The summed E-state index contributed by atoms with van der Waals surface area (Å²) in [4.78, 5) is 2.33. The van der Waals surface area contributed by atoms with Crippen molar-refractivity contribution in [3.63, 3.8) is 0 Å². The highest BCUT2D eigenvalue weighted by atomic mass is 16.5. The topological polar surface area (TPSA) is 33.7 Å². The van der Waals surface area contributed by atoms with Gasteiger partial charge in [-0.05, 0) is 63.5 Å². The number of piperidine rings is 1. The third-order valence-corrected chi connectivity index (χ3v) is 4.53. The molecule has 2 unspecified atom stereocenters. The van der Waals surface area contributed by atoms with Gasteiger partial charge in [0.15, 0.2) is 11.5 Å². The number of likely N-dealkylation sites (N-methyl/N-ethyl adjacent to an activating group) is 1. The Kier molecular flexibility index (Phi) is 4.66. The van der Waals surface area contributed by atoms with Gasteiger partial charge < -0.3 is 19.7 Å². The Balaban J connectivity index is 1.72. The molecule has 1 aromatic rings. The lowest BCUT2D eigenvalue weighted by atomic mass is 10.0. The van der Waals surface area contributed by atoms with Crippen LogP contribution in [-0.2, 0) is 0 Å². The molecule has 3 rings (SSSR count). The van der Waals surface area contributed by atoms with Crippen molar-refractivity contribution >= 4 is 0 Å². The number of benzene rings is 1. The maximum atomic E-state index is 6.18. The predicted octanol–water partition coefficient (Wildman–Crippen LogP) is 2.59. The van der Waals surface area contributed by atoms with Crippen LogP contribution in [0.3, 0.4) is 0 Å². The van der Waals surface area contributed by atoms with Gasteiger partial charge in [0.25, 0.3) is 0 Å². The van der Waals surface area contributed by atoms with E-state index in [0.717, 1.165) is 31.0 Å². The van der Waals surface area contributed by atoms with E-state index in [2.05, 4.69) is 35.5 Å². The van der Waals surface area contributed by atoms with Crippen LogP contribution < -0.4 is 14.8 Å². The van der Waals surface area contributed by atoms with Gasteiger partial charge in [-0.1, -0.05) is 6.07 Å². The molecule has 1 N–H and O–H groups in total. The summed E-state index contributed by atoms with van der Waals surface area (Å²) in [7, 11) is 3.88. The number of likely N-dealkylation sites (tertiary alicyclic amines) is 1. The molecule has 1 aromatic carbocycles. The van der Waals surface area contributed by atoms with Gasteiger partial charge in [0.05, 0.1) is 7.11 Å². The molecule has 2 aliphatic rings.